The molecular weight excluding hydrogens is 448 g/mol. The number of carbonyl (C=O) groups is 3. The largest absolute Gasteiger partial charge is 0.478 e. The van der Waals surface area contributed by atoms with Crippen LogP contribution in [0.15, 0.2) is 71.1 Å². The van der Waals surface area contributed by atoms with Crippen LogP contribution in [0.1, 0.15) is 22.7 Å². The predicted octanol–water partition coefficient (Wildman–Crippen LogP) is 4.29. The molecule has 3 rings (SSSR count). The van der Waals surface area contributed by atoms with Crippen LogP contribution < -0.4 is 10.6 Å². The molecule has 0 bridgehead atoms. The van der Waals surface area contributed by atoms with Gasteiger partial charge in [-0.2, -0.15) is 0 Å². The lowest BCUT2D eigenvalue weighted by Crippen LogP contribution is -2.19. The number of hydrogen-bond donors (Lipinski definition) is 3. The molecule has 3 N–H and O–H groups in total. The Kier molecular flexibility index (Phi) is 7.74. The molecule has 0 fully saturated rings. The molecule has 32 heavy (non-hydrogen) atoms. The Morgan fingerprint density at radius 1 is 1.03 bits per heavy atom. The molecule has 3 aromatic rings. The van der Waals surface area contributed by atoms with Gasteiger partial charge in [0.15, 0.2) is 0 Å². The van der Waals surface area contributed by atoms with Gasteiger partial charge in [0.1, 0.15) is 10.3 Å². The third-order valence-electron chi connectivity index (χ3n) is 4.16. The summed E-state index contributed by atoms with van der Waals surface area (Å²) < 4.78 is 0. The van der Waals surface area contributed by atoms with Gasteiger partial charge >= 0.3 is 5.97 Å². The molecule has 0 saturated heterocycles. The quantitative estimate of drug-likeness (QED) is 0.333. The molecule has 2 aromatic carbocycles. The molecule has 1 aromatic heterocycles. The van der Waals surface area contributed by atoms with Crippen LogP contribution in [0.4, 0.5) is 10.8 Å². The number of benzene rings is 2. The molecule has 0 saturated carbocycles. The first-order valence-corrected chi connectivity index (χ1v) is 11.2. The third-order valence-corrected chi connectivity index (χ3v) is 6.18. The number of nitrogens with one attached hydrogen (secondary N) is 2. The van der Waals surface area contributed by atoms with Crippen molar-refractivity contribution in [3.05, 3.63) is 76.8 Å². The normalized spacial score (nSPS) is 12.1. The first-order chi connectivity index (χ1) is 15.3. The third kappa shape index (κ3) is 6.50. The zero-order chi connectivity index (χ0) is 23.1. The lowest BCUT2D eigenvalue weighted by Gasteiger charge is -2.16. The van der Waals surface area contributed by atoms with Crippen LogP contribution >= 0.6 is 23.1 Å². The summed E-state index contributed by atoms with van der Waals surface area (Å²) in [6, 6.07) is 16.3. The Bertz CT molecular complexity index is 1140. The number of carboxylic acid groups (broad SMARTS) is 1. The van der Waals surface area contributed by atoms with Gasteiger partial charge in [-0.1, -0.05) is 41.7 Å². The molecule has 0 spiro atoms. The van der Waals surface area contributed by atoms with Crippen molar-refractivity contribution in [1.82, 2.24) is 10.2 Å². The van der Waals surface area contributed by atoms with Gasteiger partial charge in [-0.05, 0) is 43.7 Å². The van der Waals surface area contributed by atoms with Gasteiger partial charge in [-0.25, -0.2) is 4.79 Å². The molecule has 10 heteroatoms. The number of hydrogen-bond acceptors (Lipinski definition) is 7. The zero-order valence-electron chi connectivity index (χ0n) is 17.2. The first-order valence-electron chi connectivity index (χ1n) is 9.47. The Morgan fingerprint density at radius 3 is 2.31 bits per heavy atom. The van der Waals surface area contributed by atoms with E-state index in [0.717, 1.165) is 21.5 Å². The SMILES string of the molecule is C/C(=C/C(=O)Nc1ccc(S[C@H](C(=O)Nc2nnc(C)s2)c2ccccc2)cc1)C(=O)O. The maximum atomic E-state index is 13.0. The summed E-state index contributed by atoms with van der Waals surface area (Å²) in [4.78, 5) is 36.6. The van der Waals surface area contributed by atoms with E-state index in [9.17, 15) is 14.4 Å². The summed E-state index contributed by atoms with van der Waals surface area (Å²) in [6.07, 6.45) is 1.02. The van der Waals surface area contributed by atoms with Gasteiger partial charge < -0.3 is 10.4 Å². The number of carbonyl (C=O) groups excluding carboxylic acids is 2. The number of thioether (sulfide) groups is 1. The van der Waals surface area contributed by atoms with Crippen molar-refractivity contribution in [3.63, 3.8) is 0 Å². The van der Waals surface area contributed by atoms with Crippen molar-refractivity contribution in [3.8, 4) is 0 Å². The summed E-state index contributed by atoms with van der Waals surface area (Å²) in [6.45, 7) is 3.16. The molecule has 164 valence electrons. The molecule has 0 aliphatic heterocycles. The maximum absolute atomic E-state index is 13.0. The molecule has 0 unspecified atom stereocenters. The number of aliphatic carboxylic acids is 1. The summed E-state index contributed by atoms with van der Waals surface area (Å²) in [7, 11) is 0. The summed E-state index contributed by atoms with van der Waals surface area (Å²) in [5.74, 6) is -1.90. The van der Waals surface area contributed by atoms with Crippen LogP contribution in [0.5, 0.6) is 0 Å². The van der Waals surface area contributed by atoms with E-state index in [2.05, 4.69) is 20.8 Å². The van der Waals surface area contributed by atoms with E-state index in [4.69, 9.17) is 5.11 Å². The van der Waals surface area contributed by atoms with Gasteiger partial charge in [0.2, 0.25) is 16.9 Å². The zero-order valence-corrected chi connectivity index (χ0v) is 18.9. The highest BCUT2D eigenvalue weighted by atomic mass is 32.2. The second-order valence-electron chi connectivity index (χ2n) is 6.67. The number of rotatable bonds is 8. The van der Waals surface area contributed by atoms with Gasteiger partial charge in [0.05, 0.1) is 0 Å². The molecular formula is C22H20N4O4S2. The Hall–Kier alpha value is -3.50. The average Bonchev–Trinajstić information content (AvgIpc) is 3.18. The van der Waals surface area contributed by atoms with Crippen LogP contribution in [0.3, 0.4) is 0 Å². The topological polar surface area (TPSA) is 121 Å². The lowest BCUT2D eigenvalue weighted by atomic mass is 10.1. The highest BCUT2D eigenvalue weighted by Gasteiger charge is 2.23. The molecule has 2 amide bonds. The van der Waals surface area contributed by atoms with Crippen molar-refractivity contribution in [2.45, 2.75) is 24.0 Å². The number of carboxylic acids is 1. The molecule has 8 nitrogen and oxygen atoms in total. The van der Waals surface area contributed by atoms with Crippen molar-refractivity contribution in [2.75, 3.05) is 10.6 Å². The Balaban J connectivity index is 1.73. The van der Waals surface area contributed by atoms with Crippen LogP contribution in [0.2, 0.25) is 0 Å². The lowest BCUT2D eigenvalue weighted by molar-refractivity contribution is -0.132. The number of aryl methyl sites for hydroxylation is 1. The van der Waals surface area contributed by atoms with Crippen LogP contribution in [0.25, 0.3) is 0 Å². The minimum absolute atomic E-state index is 0.0583. The summed E-state index contributed by atoms with van der Waals surface area (Å²) in [5.41, 5.74) is 1.29. The van der Waals surface area contributed by atoms with E-state index in [-0.39, 0.29) is 11.5 Å². The van der Waals surface area contributed by atoms with E-state index < -0.39 is 17.1 Å². The monoisotopic (exact) mass is 468 g/mol. The second-order valence-corrected chi connectivity index (χ2v) is 9.03. The van der Waals surface area contributed by atoms with E-state index in [1.807, 2.05) is 37.3 Å². The average molecular weight is 469 g/mol. The van der Waals surface area contributed by atoms with Gasteiger partial charge in [-0.15, -0.1) is 22.0 Å². The smallest absolute Gasteiger partial charge is 0.331 e. The van der Waals surface area contributed by atoms with Crippen molar-refractivity contribution < 1.29 is 19.5 Å². The Morgan fingerprint density at radius 2 is 1.72 bits per heavy atom. The second kappa shape index (κ2) is 10.7. The molecule has 0 aliphatic carbocycles. The van der Waals surface area contributed by atoms with E-state index in [1.165, 1.54) is 30.0 Å². The summed E-state index contributed by atoms with van der Waals surface area (Å²) >= 11 is 2.66. The van der Waals surface area contributed by atoms with Gasteiger partial charge in [0, 0.05) is 22.2 Å². The van der Waals surface area contributed by atoms with Crippen LogP contribution in [-0.4, -0.2) is 33.1 Å². The molecule has 1 heterocycles. The molecule has 0 radical (unpaired) electrons. The Labute approximate surface area is 192 Å². The van der Waals surface area contributed by atoms with Crippen molar-refractivity contribution in [1.29, 1.82) is 0 Å². The first kappa shape index (κ1) is 23.2. The fraction of sp³-hybridized carbons (Fsp3) is 0.136. The maximum Gasteiger partial charge on any atom is 0.331 e. The van der Waals surface area contributed by atoms with E-state index in [1.54, 1.807) is 24.3 Å². The fourth-order valence-electron chi connectivity index (χ4n) is 2.61. The minimum Gasteiger partial charge on any atom is -0.478 e. The van der Waals surface area contributed by atoms with Crippen molar-refractivity contribution in [2.24, 2.45) is 0 Å². The van der Waals surface area contributed by atoms with Gasteiger partial charge in [-0.3, -0.25) is 14.9 Å². The number of nitrogens with zero attached hydrogens (tertiary/aromatic N) is 2. The number of amides is 2. The fourth-order valence-corrected chi connectivity index (χ4v) is 4.23. The highest BCUT2D eigenvalue weighted by molar-refractivity contribution is 8.00. The molecule has 0 aliphatic rings. The van der Waals surface area contributed by atoms with Crippen LogP contribution in [0, 0.1) is 6.92 Å². The standard InChI is InChI=1S/C22H20N4O4S2/c1-13(21(29)30)12-18(27)23-16-8-10-17(11-9-16)32-19(15-6-4-3-5-7-15)20(28)24-22-26-25-14(2)31-22/h3-12,19H,1-2H3,(H,23,27)(H,29,30)(H,24,26,28)/b13-12-/t19-/m0/s1. The van der Waals surface area contributed by atoms with Gasteiger partial charge in [0.25, 0.3) is 0 Å². The highest BCUT2D eigenvalue weighted by Crippen LogP contribution is 2.36. The summed E-state index contributed by atoms with van der Waals surface area (Å²) in [5, 5.41) is 22.8. The van der Waals surface area contributed by atoms with Crippen LogP contribution in [-0.2, 0) is 14.4 Å². The van der Waals surface area contributed by atoms with Crippen molar-refractivity contribution >= 4 is 51.7 Å². The van der Waals surface area contributed by atoms with E-state index >= 15 is 0 Å². The number of anilines is 2. The predicted molar refractivity (Wildman–Crippen MR) is 125 cm³/mol. The minimum atomic E-state index is -1.15. The van der Waals surface area contributed by atoms with E-state index in [0.29, 0.717) is 10.8 Å². The molecule has 1 atom stereocenters. The number of aromatic nitrogens is 2.